The van der Waals surface area contributed by atoms with Gasteiger partial charge in [-0.2, -0.15) is 0 Å². The fourth-order valence-corrected chi connectivity index (χ4v) is 2.67. The standard InChI is InChI=1S/C12H24O/c1-8(2)11-6-5-9(3)12(7-11)10(4)13/h8-13H,5-7H2,1-4H3/t9-,10-,11+,12-/m1/s1. The van der Waals surface area contributed by atoms with Gasteiger partial charge in [-0.15, -0.1) is 0 Å². The van der Waals surface area contributed by atoms with Crippen molar-refractivity contribution >= 4 is 0 Å². The van der Waals surface area contributed by atoms with E-state index in [1.165, 1.54) is 19.3 Å². The topological polar surface area (TPSA) is 20.2 Å². The minimum Gasteiger partial charge on any atom is -0.393 e. The Morgan fingerprint density at radius 1 is 1.15 bits per heavy atom. The summed E-state index contributed by atoms with van der Waals surface area (Å²) in [7, 11) is 0. The molecule has 1 aliphatic carbocycles. The Kier molecular flexibility index (Phi) is 3.78. The first kappa shape index (κ1) is 11.0. The van der Waals surface area contributed by atoms with Crippen molar-refractivity contribution in [2.75, 3.05) is 0 Å². The first-order valence-electron chi connectivity index (χ1n) is 5.70. The van der Waals surface area contributed by atoms with Crippen molar-refractivity contribution in [3.63, 3.8) is 0 Å². The van der Waals surface area contributed by atoms with Gasteiger partial charge >= 0.3 is 0 Å². The Morgan fingerprint density at radius 2 is 1.77 bits per heavy atom. The van der Waals surface area contributed by atoms with Crippen molar-refractivity contribution in [3.05, 3.63) is 0 Å². The molecule has 1 saturated carbocycles. The molecule has 0 heterocycles. The second kappa shape index (κ2) is 4.45. The molecule has 1 rings (SSSR count). The number of aliphatic hydroxyl groups excluding tert-OH is 1. The quantitative estimate of drug-likeness (QED) is 0.699. The highest BCUT2D eigenvalue weighted by Gasteiger charge is 2.31. The van der Waals surface area contributed by atoms with Crippen molar-refractivity contribution in [1.29, 1.82) is 0 Å². The fraction of sp³-hybridized carbons (Fsp3) is 1.00. The highest BCUT2D eigenvalue weighted by Crippen LogP contribution is 2.38. The summed E-state index contributed by atoms with van der Waals surface area (Å²) in [5.41, 5.74) is 0. The Morgan fingerprint density at radius 3 is 2.23 bits per heavy atom. The first-order valence-corrected chi connectivity index (χ1v) is 5.70. The molecule has 0 unspecified atom stereocenters. The van der Waals surface area contributed by atoms with Gasteiger partial charge in [-0.3, -0.25) is 0 Å². The summed E-state index contributed by atoms with van der Waals surface area (Å²) in [6.45, 7) is 8.84. The normalized spacial score (nSPS) is 37.8. The third-order valence-electron chi connectivity index (χ3n) is 3.86. The lowest BCUT2D eigenvalue weighted by atomic mass is 9.69. The second-order valence-corrected chi connectivity index (χ2v) is 5.20. The lowest BCUT2D eigenvalue weighted by molar-refractivity contribution is 0.0390. The van der Waals surface area contributed by atoms with E-state index in [4.69, 9.17) is 0 Å². The molecule has 1 aliphatic rings. The first-order chi connectivity index (χ1) is 6.02. The van der Waals surface area contributed by atoms with Crippen LogP contribution in [0.25, 0.3) is 0 Å². The van der Waals surface area contributed by atoms with E-state index >= 15 is 0 Å². The van der Waals surface area contributed by atoms with Crippen molar-refractivity contribution in [1.82, 2.24) is 0 Å². The minimum absolute atomic E-state index is 0.114. The van der Waals surface area contributed by atoms with Gasteiger partial charge in [-0.05, 0) is 43.4 Å². The summed E-state index contributed by atoms with van der Waals surface area (Å²) in [5.74, 6) is 2.89. The van der Waals surface area contributed by atoms with Gasteiger partial charge in [0.1, 0.15) is 0 Å². The van der Waals surface area contributed by atoms with Gasteiger partial charge in [-0.25, -0.2) is 0 Å². The fourth-order valence-electron chi connectivity index (χ4n) is 2.67. The molecule has 1 nitrogen and oxygen atoms in total. The van der Waals surface area contributed by atoms with Crippen LogP contribution in [0.4, 0.5) is 0 Å². The van der Waals surface area contributed by atoms with Gasteiger partial charge < -0.3 is 5.11 Å². The molecule has 0 bridgehead atoms. The summed E-state index contributed by atoms with van der Waals surface area (Å²) < 4.78 is 0. The summed E-state index contributed by atoms with van der Waals surface area (Å²) in [6, 6.07) is 0. The molecule has 0 spiro atoms. The van der Waals surface area contributed by atoms with Crippen LogP contribution < -0.4 is 0 Å². The Balaban J connectivity index is 2.53. The monoisotopic (exact) mass is 184 g/mol. The molecule has 0 aromatic carbocycles. The van der Waals surface area contributed by atoms with E-state index in [9.17, 15) is 5.11 Å². The summed E-state index contributed by atoms with van der Waals surface area (Å²) in [5, 5.41) is 9.65. The number of hydrogen-bond donors (Lipinski definition) is 1. The van der Waals surface area contributed by atoms with Crippen LogP contribution in [0.5, 0.6) is 0 Å². The summed E-state index contributed by atoms with van der Waals surface area (Å²) in [6.07, 6.45) is 3.79. The average Bonchev–Trinajstić information content (AvgIpc) is 2.04. The molecular formula is C12H24O. The molecule has 0 aromatic rings. The molecule has 4 atom stereocenters. The van der Waals surface area contributed by atoms with Crippen LogP contribution in [0.15, 0.2) is 0 Å². The third kappa shape index (κ3) is 2.70. The van der Waals surface area contributed by atoms with Crippen LogP contribution in [0.1, 0.15) is 47.0 Å². The third-order valence-corrected chi connectivity index (χ3v) is 3.86. The van der Waals surface area contributed by atoms with E-state index in [2.05, 4.69) is 20.8 Å². The van der Waals surface area contributed by atoms with Crippen molar-refractivity contribution in [3.8, 4) is 0 Å². The predicted molar refractivity (Wildman–Crippen MR) is 56.5 cm³/mol. The van der Waals surface area contributed by atoms with Crippen molar-refractivity contribution in [2.24, 2.45) is 23.7 Å². The zero-order valence-corrected chi connectivity index (χ0v) is 9.46. The van der Waals surface area contributed by atoms with Crippen molar-refractivity contribution in [2.45, 2.75) is 53.1 Å². The van der Waals surface area contributed by atoms with E-state index in [1.807, 2.05) is 6.92 Å². The minimum atomic E-state index is -0.114. The Hall–Kier alpha value is -0.0400. The maximum atomic E-state index is 9.65. The lowest BCUT2D eigenvalue weighted by Gasteiger charge is -2.37. The van der Waals surface area contributed by atoms with Crippen LogP contribution in [0, 0.1) is 23.7 Å². The summed E-state index contributed by atoms with van der Waals surface area (Å²) >= 11 is 0. The highest BCUT2D eigenvalue weighted by atomic mass is 16.3. The number of hydrogen-bond acceptors (Lipinski definition) is 1. The van der Waals surface area contributed by atoms with Crippen LogP contribution >= 0.6 is 0 Å². The molecule has 13 heavy (non-hydrogen) atoms. The zero-order chi connectivity index (χ0) is 10.0. The number of rotatable bonds is 2. The Bertz CT molecular complexity index is 151. The summed E-state index contributed by atoms with van der Waals surface area (Å²) in [4.78, 5) is 0. The highest BCUT2D eigenvalue weighted by molar-refractivity contribution is 4.81. The molecule has 78 valence electrons. The van der Waals surface area contributed by atoms with Crippen LogP contribution in [-0.4, -0.2) is 11.2 Å². The van der Waals surface area contributed by atoms with E-state index in [1.54, 1.807) is 0 Å². The maximum absolute atomic E-state index is 9.65. The predicted octanol–water partition coefficient (Wildman–Crippen LogP) is 3.08. The molecule has 0 radical (unpaired) electrons. The zero-order valence-electron chi connectivity index (χ0n) is 9.46. The SMILES string of the molecule is CC(C)[C@H]1CC[C@@H](C)[C@H]([C@@H](C)O)C1. The van der Waals surface area contributed by atoms with E-state index in [0.29, 0.717) is 5.92 Å². The van der Waals surface area contributed by atoms with E-state index in [-0.39, 0.29) is 6.10 Å². The number of aliphatic hydroxyl groups is 1. The molecular weight excluding hydrogens is 160 g/mol. The van der Waals surface area contributed by atoms with Gasteiger partial charge in [-0.1, -0.05) is 27.2 Å². The van der Waals surface area contributed by atoms with E-state index < -0.39 is 0 Å². The van der Waals surface area contributed by atoms with Gasteiger partial charge in [0.2, 0.25) is 0 Å². The molecule has 0 aromatic heterocycles. The molecule has 1 heteroatoms. The van der Waals surface area contributed by atoms with Crippen molar-refractivity contribution < 1.29 is 5.11 Å². The van der Waals surface area contributed by atoms with Crippen LogP contribution in [-0.2, 0) is 0 Å². The van der Waals surface area contributed by atoms with E-state index in [0.717, 1.165) is 17.8 Å². The maximum Gasteiger partial charge on any atom is 0.0542 e. The lowest BCUT2D eigenvalue weighted by Crippen LogP contribution is -2.32. The largest absolute Gasteiger partial charge is 0.393 e. The van der Waals surface area contributed by atoms with Crippen LogP contribution in [0.3, 0.4) is 0 Å². The molecule has 0 saturated heterocycles. The van der Waals surface area contributed by atoms with Gasteiger partial charge in [0.05, 0.1) is 6.10 Å². The van der Waals surface area contributed by atoms with Gasteiger partial charge in [0, 0.05) is 0 Å². The Labute approximate surface area is 82.5 Å². The molecule has 1 N–H and O–H groups in total. The van der Waals surface area contributed by atoms with Crippen LogP contribution in [0.2, 0.25) is 0 Å². The second-order valence-electron chi connectivity index (χ2n) is 5.20. The smallest absolute Gasteiger partial charge is 0.0542 e. The average molecular weight is 184 g/mol. The van der Waals surface area contributed by atoms with Gasteiger partial charge in [0.15, 0.2) is 0 Å². The molecule has 0 amide bonds. The molecule has 0 aliphatic heterocycles. The molecule has 1 fully saturated rings. The van der Waals surface area contributed by atoms with Gasteiger partial charge in [0.25, 0.3) is 0 Å².